The zero-order valence-electron chi connectivity index (χ0n) is 15.0. The van der Waals surface area contributed by atoms with Crippen molar-refractivity contribution in [1.29, 1.82) is 5.26 Å². The van der Waals surface area contributed by atoms with Crippen LogP contribution in [-0.4, -0.2) is 25.8 Å². The zero-order valence-corrected chi connectivity index (χ0v) is 16.5. The highest BCUT2D eigenvalue weighted by Gasteiger charge is 2.18. The first kappa shape index (κ1) is 21.5. The number of amides is 1. The number of nitriles is 1. The summed E-state index contributed by atoms with van der Waals surface area (Å²) in [6.45, 7) is 2.07. The Hall–Kier alpha value is -2.82. The van der Waals surface area contributed by atoms with Crippen molar-refractivity contribution in [3.8, 4) is 17.6 Å². The number of rotatable bonds is 7. The van der Waals surface area contributed by atoms with Gasteiger partial charge >= 0.3 is 0 Å². The molecule has 146 valence electrons. The first-order chi connectivity index (χ1) is 13.4. The summed E-state index contributed by atoms with van der Waals surface area (Å²) in [5.74, 6) is -2.07. The Morgan fingerprint density at radius 3 is 2.68 bits per heavy atom. The molecule has 0 saturated heterocycles. The van der Waals surface area contributed by atoms with Crippen LogP contribution in [0.25, 0.3) is 0 Å². The predicted molar refractivity (Wildman–Crippen MR) is 106 cm³/mol. The third-order valence-electron chi connectivity index (χ3n) is 3.51. The normalized spacial score (nSPS) is 11.7. The van der Waals surface area contributed by atoms with E-state index in [0.717, 1.165) is 12.3 Å². The molecule has 0 aliphatic rings. The van der Waals surface area contributed by atoms with Gasteiger partial charge in [-0.25, -0.2) is 4.39 Å². The second kappa shape index (κ2) is 9.93. The summed E-state index contributed by atoms with van der Waals surface area (Å²) in [5.41, 5.74) is 0.467. The summed E-state index contributed by atoms with van der Waals surface area (Å²) in [4.78, 5) is 16.3. The van der Waals surface area contributed by atoms with Crippen LogP contribution in [0, 0.1) is 23.1 Å². The van der Waals surface area contributed by atoms with Crippen LogP contribution in [0.15, 0.2) is 35.3 Å². The largest absolute Gasteiger partial charge is 0.495 e. The number of methoxy groups -OCH3 is 1. The number of hydrogen-bond acceptors (Lipinski definition) is 5. The minimum absolute atomic E-state index is 0.0994. The number of carbonyl (C=O) groups excluding carboxylic acids is 1. The van der Waals surface area contributed by atoms with Gasteiger partial charge in [-0.05, 0) is 25.1 Å². The first-order valence-corrected chi connectivity index (χ1v) is 8.85. The number of hydrogen-bond donors (Lipinski definition) is 1. The Kier molecular flexibility index (Phi) is 7.61. The lowest BCUT2D eigenvalue weighted by Gasteiger charge is -2.11. The average Bonchev–Trinajstić information content (AvgIpc) is 2.66. The smallest absolute Gasteiger partial charge is 0.247 e. The van der Waals surface area contributed by atoms with Crippen LogP contribution >= 0.6 is 23.2 Å². The molecule has 0 spiro atoms. The van der Waals surface area contributed by atoms with E-state index in [-0.39, 0.29) is 27.2 Å². The van der Waals surface area contributed by atoms with Crippen molar-refractivity contribution >= 4 is 46.7 Å². The molecule has 0 bridgehead atoms. The summed E-state index contributed by atoms with van der Waals surface area (Å²) in [6, 6.07) is 8.75. The fraction of sp³-hybridized carbons (Fsp3) is 0.211. The van der Waals surface area contributed by atoms with Gasteiger partial charge in [0.05, 0.1) is 41.2 Å². The Bertz CT molecular complexity index is 945. The molecular weight excluding hydrogens is 408 g/mol. The summed E-state index contributed by atoms with van der Waals surface area (Å²) >= 11 is 12.0. The van der Waals surface area contributed by atoms with Crippen LogP contribution < -0.4 is 14.8 Å². The van der Waals surface area contributed by atoms with E-state index in [1.807, 2.05) is 6.07 Å². The molecule has 1 atom stereocenters. The maximum atomic E-state index is 13.9. The third kappa shape index (κ3) is 5.35. The third-order valence-corrected chi connectivity index (χ3v) is 4.12. The highest BCUT2D eigenvalue weighted by atomic mass is 35.5. The molecule has 0 aliphatic heterocycles. The highest BCUT2D eigenvalue weighted by molar-refractivity contribution is 6.37. The first-order valence-electron chi connectivity index (χ1n) is 8.09. The van der Waals surface area contributed by atoms with E-state index in [1.54, 1.807) is 6.92 Å². The Labute approximate surface area is 171 Å². The maximum Gasteiger partial charge on any atom is 0.247 e. The Morgan fingerprint density at radius 1 is 1.32 bits per heavy atom. The van der Waals surface area contributed by atoms with Gasteiger partial charge in [0.25, 0.3) is 0 Å². The SMILES string of the molecule is CCOc1ccc(N=CC(C#N)C(=O)Nc2cc(OC)c(Cl)cc2Cl)cc1F. The quantitative estimate of drug-likeness (QED) is 0.633. The minimum atomic E-state index is -1.23. The van der Waals surface area contributed by atoms with Crippen molar-refractivity contribution < 1.29 is 18.7 Å². The lowest BCUT2D eigenvalue weighted by Crippen LogP contribution is -2.22. The van der Waals surface area contributed by atoms with Crippen molar-refractivity contribution in [3.63, 3.8) is 0 Å². The van der Waals surface area contributed by atoms with Crippen molar-refractivity contribution in [2.75, 3.05) is 19.0 Å². The highest BCUT2D eigenvalue weighted by Crippen LogP contribution is 2.34. The second-order valence-corrected chi connectivity index (χ2v) is 6.20. The van der Waals surface area contributed by atoms with Crippen molar-refractivity contribution in [2.45, 2.75) is 6.92 Å². The fourth-order valence-corrected chi connectivity index (χ4v) is 2.66. The number of halogens is 3. The van der Waals surface area contributed by atoms with Crippen molar-refractivity contribution in [2.24, 2.45) is 10.9 Å². The average molecular weight is 424 g/mol. The Balaban J connectivity index is 2.15. The van der Waals surface area contributed by atoms with Crippen LogP contribution in [0.3, 0.4) is 0 Å². The van der Waals surface area contributed by atoms with E-state index in [0.29, 0.717) is 12.4 Å². The standard InChI is InChI=1S/C19H16Cl2FN3O3/c1-3-28-17-5-4-12(6-15(17)22)24-10-11(9-23)19(26)25-16-8-18(27-2)14(21)7-13(16)20/h4-8,10-11H,3H2,1-2H3,(H,25,26). The van der Waals surface area contributed by atoms with Gasteiger partial charge < -0.3 is 14.8 Å². The van der Waals surface area contributed by atoms with Crippen LogP contribution in [0.5, 0.6) is 11.5 Å². The Morgan fingerprint density at radius 2 is 2.07 bits per heavy atom. The molecule has 2 rings (SSSR count). The molecule has 1 amide bonds. The number of anilines is 1. The lowest BCUT2D eigenvalue weighted by molar-refractivity contribution is -0.116. The monoisotopic (exact) mass is 423 g/mol. The topological polar surface area (TPSA) is 83.7 Å². The summed E-state index contributed by atoms with van der Waals surface area (Å²) in [6.07, 6.45) is 1.12. The summed E-state index contributed by atoms with van der Waals surface area (Å²) < 4.78 is 24.0. The van der Waals surface area contributed by atoms with Gasteiger partial charge in [-0.2, -0.15) is 5.26 Å². The molecule has 0 aromatic heterocycles. The van der Waals surface area contributed by atoms with E-state index in [9.17, 15) is 14.4 Å². The molecule has 0 saturated carbocycles. The molecule has 2 aromatic rings. The van der Waals surface area contributed by atoms with E-state index in [2.05, 4.69) is 10.3 Å². The van der Waals surface area contributed by atoms with Gasteiger partial charge in [-0.15, -0.1) is 0 Å². The van der Waals surface area contributed by atoms with E-state index in [4.69, 9.17) is 32.7 Å². The van der Waals surface area contributed by atoms with Crippen molar-refractivity contribution in [3.05, 3.63) is 46.2 Å². The minimum Gasteiger partial charge on any atom is -0.495 e. The van der Waals surface area contributed by atoms with E-state index < -0.39 is 17.6 Å². The van der Waals surface area contributed by atoms with Gasteiger partial charge in [-0.3, -0.25) is 9.79 Å². The van der Waals surface area contributed by atoms with Crippen molar-refractivity contribution in [1.82, 2.24) is 0 Å². The van der Waals surface area contributed by atoms with Gasteiger partial charge in [0.1, 0.15) is 5.75 Å². The molecule has 0 aliphatic carbocycles. The number of ether oxygens (including phenoxy) is 2. The van der Waals surface area contributed by atoms with Gasteiger partial charge in [-0.1, -0.05) is 23.2 Å². The molecule has 28 heavy (non-hydrogen) atoms. The number of aliphatic imine (C=N–C) groups is 1. The summed E-state index contributed by atoms with van der Waals surface area (Å²) in [5, 5.41) is 12.2. The number of nitrogens with one attached hydrogen (secondary N) is 1. The number of nitrogens with zero attached hydrogens (tertiary/aromatic N) is 2. The molecule has 0 heterocycles. The fourth-order valence-electron chi connectivity index (χ4n) is 2.15. The van der Waals surface area contributed by atoms with Crippen LogP contribution in [0.4, 0.5) is 15.8 Å². The number of benzene rings is 2. The van der Waals surface area contributed by atoms with Crippen LogP contribution in [0.1, 0.15) is 6.92 Å². The molecule has 1 unspecified atom stereocenters. The molecule has 6 nitrogen and oxygen atoms in total. The lowest BCUT2D eigenvalue weighted by atomic mass is 10.1. The second-order valence-electron chi connectivity index (χ2n) is 5.39. The van der Waals surface area contributed by atoms with Gasteiger partial charge in [0.2, 0.25) is 5.91 Å². The molecule has 0 radical (unpaired) electrons. The van der Waals surface area contributed by atoms with E-state index >= 15 is 0 Å². The van der Waals surface area contributed by atoms with Crippen LogP contribution in [0.2, 0.25) is 10.0 Å². The summed E-state index contributed by atoms with van der Waals surface area (Å²) in [7, 11) is 1.42. The van der Waals surface area contributed by atoms with Gasteiger partial charge in [0, 0.05) is 18.3 Å². The van der Waals surface area contributed by atoms with E-state index in [1.165, 1.54) is 31.4 Å². The maximum absolute atomic E-state index is 13.9. The molecule has 1 N–H and O–H groups in total. The molecule has 0 fully saturated rings. The van der Waals surface area contributed by atoms with Crippen LogP contribution in [-0.2, 0) is 4.79 Å². The predicted octanol–water partition coefficient (Wildman–Crippen LogP) is 5.02. The zero-order chi connectivity index (χ0) is 20.7. The van der Waals surface area contributed by atoms with Gasteiger partial charge in [0.15, 0.2) is 17.5 Å². The molecule has 2 aromatic carbocycles. The number of carbonyl (C=O) groups is 1. The molecule has 9 heteroatoms. The molecular formula is C19H16Cl2FN3O3.